The van der Waals surface area contributed by atoms with Gasteiger partial charge in [0.1, 0.15) is 5.82 Å². The summed E-state index contributed by atoms with van der Waals surface area (Å²) in [5.41, 5.74) is 4.12. The van der Waals surface area contributed by atoms with Crippen LogP contribution in [0.5, 0.6) is 0 Å². The van der Waals surface area contributed by atoms with Crippen LogP contribution < -0.4 is 0 Å². The van der Waals surface area contributed by atoms with Crippen LogP contribution >= 0.6 is 0 Å². The van der Waals surface area contributed by atoms with Crippen molar-refractivity contribution in [1.82, 2.24) is 4.90 Å². The summed E-state index contributed by atoms with van der Waals surface area (Å²) in [6.07, 6.45) is 0. The fourth-order valence-electron chi connectivity index (χ4n) is 3.90. The Morgan fingerprint density at radius 3 is 2.22 bits per heavy atom. The Morgan fingerprint density at radius 1 is 1.00 bits per heavy atom. The molecule has 1 aliphatic rings. The maximum Gasteiger partial charge on any atom is 0.337 e. The second kappa shape index (κ2) is 8.67. The van der Waals surface area contributed by atoms with Gasteiger partial charge in [-0.25, -0.2) is 9.18 Å². The van der Waals surface area contributed by atoms with E-state index in [4.69, 9.17) is 4.74 Å². The number of halogens is 1. The third-order valence-electron chi connectivity index (χ3n) is 5.58. The van der Waals surface area contributed by atoms with Crippen LogP contribution in [0.25, 0.3) is 5.57 Å². The van der Waals surface area contributed by atoms with Gasteiger partial charge in [0, 0.05) is 12.1 Å². The minimum Gasteiger partial charge on any atom is -0.503 e. The van der Waals surface area contributed by atoms with Gasteiger partial charge in [0.15, 0.2) is 5.76 Å². The van der Waals surface area contributed by atoms with Crippen molar-refractivity contribution >= 4 is 17.4 Å². The Balaban J connectivity index is 1.79. The number of esters is 1. The fourth-order valence-corrected chi connectivity index (χ4v) is 3.90. The molecule has 0 saturated carbocycles. The molecule has 0 radical (unpaired) electrons. The molecule has 0 bridgehead atoms. The molecule has 1 N–H and O–H groups in total. The Labute approximate surface area is 185 Å². The van der Waals surface area contributed by atoms with Crippen LogP contribution in [0.1, 0.15) is 38.7 Å². The fraction of sp³-hybridized carbons (Fsp3) is 0.154. The zero-order valence-electron chi connectivity index (χ0n) is 17.7. The summed E-state index contributed by atoms with van der Waals surface area (Å²) in [5.74, 6) is -1.65. The molecule has 1 heterocycles. The lowest BCUT2D eigenvalue weighted by Crippen LogP contribution is -2.29. The van der Waals surface area contributed by atoms with Gasteiger partial charge in [0.05, 0.1) is 18.7 Å². The molecule has 0 saturated heterocycles. The third-order valence-corrected chi connectivity index (χ3v) is 5.58. The highest BCUT2D eigenvalue weighted by Gasteiger charge is 2.41. The van der Waals surface area contributed by atoms with Gasteiger partial charge < -0.3 is 14.7 Å². The SMILES string of the molecule is COC(=O)c1ccc([C@@H]2C(c3ccc(C)cc3)=C(O)C(=O)N2Cc2ccc(F)cc2)cc1. The number of aliphatic hydroxyl groups excluding tert-OH is 1. The summed E-state index contributed by atoms with van der Waals surface area (Å²) < 4.78 is 18.1. The van der Waals surface area contributed by atoms with Gasteiger partial charge in [-0.05, 0) is 47.9 Å². The summed E-state index contributed by atoms with van der Waals surface area (Å²) in [6, 6.07) is 19.6. The molecule has 6 heteroatoms. The number of nitrogens with zero attached hydrogens (tertiary/aromatic N) is 1. The van der Waals surface area contributed by atoms with E-state index < -0.39 is 17.9 Å². The van der Waals surface area contributed by atoms with Crippen molar-refractivity contribution < 1.29 is 23.8 Å². The minimum atomic E-state index is -0.582. The van der Waals surface area contributed by atoms with Gasteiger partial charge in [-0.3, -0.25) is 4.79 Å². The number of methoxy groups -OCH3 is 1. The first kappa shape index (κ1) is 21.3. The van der Waals surface area contributed by atoms with Crippen molar-refractivity contribution in [3.05, 3.63) is 112 Å². The first-order chi connectivity index (χ1) is 15.4. The number of carbonyl (C=O) groups excluding carboxylic acids is 2. The zero-order valence-corrected chi connectivity index (χ0v) is 17.7. The van der Waals surface area contributed by atoms with Crippen molar-refractivity contribution in [3.63, 3.8) is 0 Å². The minimum absolute atomic E-state index is 0.182. The number of benzene rings is 3. The molecular weight excluding hydrogens is 409 g/mol. The maximum absolute atomic E-state index is 13.4. The number of rotatable bonds is 5. The molecule has 3 aromatic carbocycles. The average Bonchev–Trinajstić information content (AvgIpc) is 3.05. The van der Waals surface area contributed by atoms with E-state index in [0.717, 1.165) is 22.3 Å². The third kappa shape index (κ3) is 3.99. The number of aryl methyl sites for hydroxylation is 1. The summed E-state index contributed by atoms with van der Waals surface area (Å²) in [6.45, 7) is 2.14. The summed E-state index contributed by atoms with van der Waals surface area (Å²) >= 11 is 0. The second-order valence-electron chi connectivity index (χ2n) is 7.70. The van der Waals surface area contributed by atoms with Gasteiger partial charge in [0.25, 0.3) is 5.91 Å². The Hall–Kier alpha value is -3.93. The Morgan fingerprint density at radius 2 is 1.62 bits per heavy atom. The van der Waals surface area contributed by atoms with Crippen LogP contribution in [-0.4, -0.2) is 29.0 Å². The number of hydrogen-bond acceptors (Lipinski definition) is 4. The first-order valence-electron chi connectivity index (χ1n) is 10.1. The van der Waals surface area contributed by atoms with Crippen LogP contribution in [0.4, 0.5) is 4.39 Å². The number of amides is 1. The normalized spacial score (nSPS) is 15.9. The topological polar surface area (TPSA) is 66.8 Å². The van der Waals surface area contributed by atoms with Crippen molar-refractivity contribution in [2.75, 3.05) is 7.11 Å². The van der Waals surface area contributed by atoms with Gasteiger partial charge in [-0.15, -0.1) is 0 Å². The average molecular weight is 431 g/mol. The van der Waals surface area contributed by atoms with E-state index in [1.165, 1.54) is 19.2 Å². The molecule has 32 heavy (non-hydrogen) atoms. The van der Waals surface area contributed by atoms with Crippen molar-refractivity contribution in [2.45, 2.75) is 19.5 Å². The summed E-state index contributed by atoms with van der Waals surface area (Å²) in [5, 5.41) is 10.8. The second-order valence-corrected chi connectivity index (χ2v) is 7.70. The molecule has 0 aliphatic carbocycles. The van der Waals surface area contributed by atoms with E-state index in [9.17, 15) is 19.1 Å². The van der Waals surface area contributed by atoms with Gasteiger partial charge in [-0.1, -0.05) is 54.1 Å². The van der Waals surface area contributed by atoms with E-state index in [-0.39, 0.29) is 18.1 Å². The molecule has 1 atom stereocenters. The van der Waals surface area contributed by atoms with E-state index in [0.29, 0.717) is 11.1 Å². The predicted molar refractivity (Wildman–Crippen MR) is 118 cm³/mol. The van der Waals surface area contributed by atoms with E-state index >= 15 is 0 Å². The van der Waals surface area contributed by atoms with Gasteiger partial charge in [-0.2, -0.15) is 0 Å². The molecule has 5 nitrogen and oxygen atoms in total. The molecule has 1 aliphatic heterocycles. The van der Waals surface area contributed by atoms with E-state index in [1.54, 1.807) is 41.3 Å². The molecule has 1 amide bonds. The van der Waals surface area contributed by atoms with Gasteiger partial charge >= 0.3 is 5.97 Å². The van der Waals surface area contributed by atoms with Crippen LogP contribution in [0.15, 0.2) is 78.6 Å². The van der Waals surface area contributed by atoms with E-state index in [2.05, 4.69) is 0 Å². The van der Waals surface area contributed by atoms with Crippen molar-refractivity contribution in [3.8, 4) is 0 Å². The summed E-state index contributed by atoms with van der Waals surface area (Å²) in [7, 11) is 1.31. The number of aliphatic hydroxyl groups is 1. The van der Waals surface area contributed by atoms with Crippen molar-refractivity contribution in [2.24, 2.45) is 0 Å². The molecule has 0 unspecified atom stereocenters. The largest absolute Gasteiger partial charge is 0.503 e. The maximum atomic E-state index is 13.4. The summed E-state index contributed by atoms with van der Waals surface area (Å²) in [4.78, 5) is 26.5. The van der Waals surface area contributed by atoms with Crippen molar-refractivity contribution in [1.29, 1.82) is 0 Å². The highest BCUT2D eigenvalue weighted by Crippen LogP contribution is 2.43. The molecule has 0 spiro atoms. The molecular formula is C26H22FNO4. The lowest BCUT2D eigenvalue weighted by atomic mass is 9.92. The smallest absolute Gasteiger partial charge is 0.337 e. The Bertz CT molecular complexity index is 1180. The van der Waals surface area contributed by atoms with Gasteiger partial charge in [0.2, 0.25) is 0 Å². The molecule has 3 aromatic rings. The molecule has 162 valence electrons. The first-order valence-corrected chi connectivity index (χ1v) is 10.1. The monoisotopic (exact) mass is 431 g/mol. The molecule has 4 rings (SSSR count). The zero-order chi connectivity index (χ0) is 22.8. The standard InChI is InChI=1S/C26H22FNO4/c1-16-3-7-18(8-4-16)22-23(19-9-11-20(12-10-19)26(31)32-2)28(25(30)24(22)29)15-17-5-13-21(27)14-6-17/h3-14,23,29H,15H2,1-2H3/t23-/m1/s1. The van der Waals surface area contributed by atoms with Crippen LogP contribution in [-0.2, 0) is 16.1 Å². The van der Waals surface area contributed by atoms with Crippen LogP contribution in [0.2, 0.25) is 0 Å². The van der Waals surface area contributed by atoms with E-state index in [1.807, 2.05) is 31.2 Å². The highest BCUT2D eigenvalue weighted by atomic mass is 19.1. The lowest BCUT2D eigenvalue weighted by Gasteiger charge is -2.27. The lowest BCUT2D eigenvalue weighted by molar-refractivity contribution is -0.130. The molecule has 0 aromatic heterocycles. The number of ether oxygens (including phenoxy) is 1. The van der Waals surface area contributed by atoms with Crippen LogP contribution in [0.3, 0.4) is 0 Å². The quantitative estimate of drug-likeness (QED) is 0.579. The predicted octanol–water partition coefficient (Wildman–Crippen LogP) is 4.97. The van der Waals surface area contributed by atoms with Crippen LogP contribution in [0, 0.1) is 12.7 Å². The number of hydrogen-bond donors (Lipinski definition) is 1. The molecule has 0 fully saturated rings. The number of carbonyl (C=O) groups is 2. The Kier molecular flexibility index (Phi) is 5.77. The highest BCUT2D eigenvalue weighted by molar-refractivity contribution is 6.05.